The SMILES string of the molecule is N.N.O=C(O)C(=O)OO. The average Bonchev–Trinajstić information content (AvgIpc) is 1.65. The lowest BCUT2D eigenvalue weighted by Crippen LogP contribution is -2.13. The summed E-state index contributed by atoms with van der Waals surface area (Å²) in [6.07, 6.45) is 0. The van der Waals surface area contributed by atoms with Crippen molar-refractivity contribution >= 4 is 11.9 Å². The van der Waals surface area contributed by atoms with E-state index >= 15 is 0 Å². The first-order chi connectivity index (χ1) is 3.18. The number of hydrogen-bond acceptors (Lipinski definition) is 6. The highest BCUT2D eigenvalue weighted by atomic mass is 17.1. The summed E-state index contributed by atoms with van der Waals surface area (Å²) < 4.78 is 0. The van der Waals surface area contributed by atoms with Crippen LogP contribution in [0.2, 0.25) is 0 Å². The molecule has 0 aliphatic heterocycles. The molecule has 0 saturated carbocycles. The van der Waals surface area contributed by atoms with Gasteiger partial charge in [0.25, 0.3) is 0 Å². The Balaban J connectivity index is -0.000000180. The summed E-state index contributed by atoms with van der Waals surface area (Å²) >= 11 is 0. The van der Waals surface area contributed by atoms with Crippen LogP contribution in [-0.2, 0) is 14.5 Å². The molecule has 0 amide bonds. The summed E-state index contributed by atoms with van der Waals surface area (Å²) in [5, 5.41) is 14.8. The van der Waals surface area contributed by atoms with Crippen molar-refractivity contribution in [3.05, 3.63) is 0 Å². The van der Waals surface area contributed by atoms with Crippen molar-refractivity contribution in [2.45, 2.75) is 0 Å². The molecule has 0 aromatic heterocycles. The fourth-order valence-corrected chi connectivity index (χ4v) is 0.0390. The summed E-state index contributed by atoms with van der Waals surface area (Å²) in [6, 6.07) is 0. The van der Waals surface area contributed by atoms with Crippen LogP contribution >= 0.6 is 0 Å². The van der Waals surface area contributed by atoms with Crippen LogP contribution in [0.1, 0.15) is 0 Å². The van der Waals surface area contributed by atoms with Crippen molar-refractivity contribution < 1.29 is 24.8 Å². The smallest absolute Gasteiger partial charge is 0.449 e. The number of carboxylic acid groups (broad SMARTS) is 1. The van der Waals surface area contributed by atoms with Gasteiger partial charge in [0.05, 0.1) is 0 Å². The number of carbonyl (C=O) groups is 2. The molecule has 0 saturated heterocycles. The molecule has 0 radical (unpaired) electrons. The van der Waals surface area contributed by atoms with Crippen LogP contribution in [0.25, 0.3) is 0 Å². The minimum absolute atomic E-state index is 0. The Labute approximate surface area is 50.3 Å². The van der Waals surface area contributed by atoms with E-state index in [9.17, 15) is 9.59 Å². The van der Waals surface area contributed by atoms with Crippen LogP contribution in [0.5, 0.6) is 0 Å². The molecular formula is C2H8N2O5. The molecule has 0 aliphatic carbocycles. The van der Waals surface area contributed by atoms with E-state index in [4.69, 9.17) is 10.4 Å². The van der Waals surface area contributed by atoms with Gasteiger partial charge in [-0.3, -0.25) is 4.89 Å². The Bertz CT molecular complexity index is 101. The average molecular weight is 140 g/mol. The van der Waals surface area contributed by atoms with Gasteiger partial charge in [0.15, 0.2) is 0 Å². The second kappa shape index (κ2) is 6.82. The molecule has 0 unspecified atom stereocenters. The number of rotatable bonds is 0. The largest absolute Gasteiger partial charge is 0.473 e. The molecule has 0 heterocycles. The maximum absolute atomic E-state index is 9.44. The second-order valence-corrected chi connectivity index (χ2v) is 0.684. The molecule has 0 fully saturated rings. The molecule has 0 atom stereocenters. The van der Waals surface area contributed by atoms with Gasteiger partial charge < -0.3 is 17.4 Å². The maximum Gasteiger partial charge on any atom is 0.449 e. The molecule has 56 valence electrons. The first-order valence-electron chi connectivity index (χ1n) is 1.27. The topological polar surface area (TPSA) is 154 Å². The minimum Gasteiger partial charge on any atom is -0.473 e. The molecular weight excluding hydrogens is 132 g/mol. The van der Waals surface area contributed by atoms with Gasteiger partial charge >= 0.3 is 11.9 Å². The number of aliphatic carboxylic acids is 1. The van der Waals surface area contributed by atoms with Crippen LogP contribution in [-0.4, -0.2) is 22.3 Å². The van der Waals surface area contributed by atoms with E-state index in [1.54, 1.807) is 0 Å². The number of hydrogen-bond donors (Lipinski definition) is 4. The summed E-state index contributed by atoms with van der Waals surface area (Å²) in [7, 11) is 0. The Morgan fingerprint density at radius 2 is 1.56 bits per heavy atom. The number of carboxylic acids is 1. The first kappa shape index (κ1) is 15.7. The number of carbonyl (C=O) groups excluding carboxylic acids is 1. The van der Waals surface area contributed by atoms with Crippen molar-refractivity contribution in [2.24, 2.45) is 0 Å². The van der Waals surface area contributed by atoms with Gasteiger partial charge in [0.1, 0.15) is 0 Å². The van der Waals surface area contributed by atoms with E-state index in [1.165, 1.54) is 0 Å². The fourth-order valence-electron chi connectivity index (χ4n) is 0.0390. The lowest BCUT2D eigenvalue weighted by molar-refractivity contribution is -0.235. The van der Waals surface area contributed by atoms with Crippen molar-refractivity contribution in [2.75, 3.05) is 0 Å². The first-order valence-corrected chi connectivity index (χ1v) is 1.27. The van der Waals surface area contributed by atoms with Crippen LogP contribution < -0.4 is 12.3 Å². The van der Waals surface area contributed by atoms with Gasteiger partial charge in [-0.25, -0.2) is 9.59 Å². The standard InChI is InChI=1S/C2H2O5.2H3N/c3-1(4)2(5)7-6;;/h6H,(H,3,4);2*1H3. The summed E-state index contributed by atoms with van der Waals surface area (Å²) in [5.41, 5.74) is 0. The zero-order valence-corrected chi connectivity index (χ0v) is 4.53. The van der Waals surface area contributed by atoms with Crippen LogP contribution in [0, 0.1) is 0 Å². The zero-order valence-electron chi connectivity index (χ0n) is 4.53. The van der Waals surface area contributed by atoms with E-state index in [1.807, 2.05) is 0 Å². The van der Waals surface area contributed by atoms with Crippen LogP contribution in [0.3, 0.4) is 0 Å². The fraction of sp³-hybridized carbons (Fsp3) is 0. The van der Waals surface area contributed by atoms with Gasteiger partial charge in [-0.1, -0.05) is 0 Å². The van der Waals surface area contributed by atoms with Crippen molar-refractivity contribution in [3.63, 3.8) is 0 Å². The molecule has 9 heavy (non-hydrogen) atoms. The van der Waals surface area contributed by atoms with Crippen molar-refractivity contribution in [1.29, 1.82) is 0 Å². The van der Waals surface area contributed by atoms with Gasteiger partial charge in [-0.2, -0.15) is 5.26 Å². The maximum atomic E-state index is 9.44. The normalized spacial score (nSPS) is 5.89. The third-order valence-electron chi connectivity index (χ3n) is 0.258. The summed E-state index contributed by atoms with van der Waals surface area (Å²) in [4.78, 5) is 21.5. The van der Waals surface area contributed by atoms with Gasteiger partial charge in [0, 0.05) is 0 Å². The highest BCUT2D eigenvalue weighted by Crippen LogP contribution is 1.67. The molecule has 0 aromatic rings. The third-order valence-corrected chi connectivity index (χ3v) is 0.258. The van der Waals surface area contributed by atoms with Gasteiger partial charge in [-0.05, 0) is 0 Å². The van der Waals surface area contributed by atoms with E-state index in [2.05, 4.69) is 4.89 Å². The van der Waals surface area contributed by atoms with Crippen molar-refractivity contribution in [3.8, 4) is 0 Å². The lowest BCUT2D eigenvalue weighted by atomic mass is 10.7. The quantitative estimate of drug-likeness (QED) is 0.199. The molecule has 0 aliphatic rings. The molecule has 0 spiro atoms. The predicted molar refractivity (Wildman–Crippen MR) is 26.4 cm³/mol. The van der Waals surface area contributed by atoms with Gasteiger partial charge in [0.2, 0.25) is 0 Å². The van der Waals surface area contributed by atoms with Crippen LogP contribution in [0.15, 0.2) is 0 Å². The van der Waals surface area contributed by atoms with Crippen LogP contribution in [0.4, 0.5) is 0 Å². The Morgan fingerprint density at radius 1 is 1.22 bits per heavy atom. The lowest BCUT2D eigenvalue weighted by Gasteiger charge is -1.82. The molecule has 8 N–H and O–H groups in total. The van der Waals surface area contributed by atoms with E-state index in [0.29, 0.717) is 0 Å². The third kappa shape index (κ3) is 6.82. The Hall–Kier alpha value is -1.18. The summed E-state index contributed by atoms with van der Waals surface area (Å²) in [5.74, 6) is -3.50. The van der Waals surface area contributed by atoms with E-state index in [-0.39, 0.29) is 12.3 Å². The van der Waals surface area contributed by atoms with E-state index in [0.717, 1.165) is 0 Å². The highest BCUT2D eigenvalue weighted by molar-refractivity contribution is 6.28. The Kier molecular flexibility index (Phi) is 11.9. The molecule has 0 rings (SSSR count). The minimum atomic E-state index is -1.82. The molecule has 7 nitrogen and oxygen atoms in total. The summed E-state index contributed by atoms with van der Waals surface area (Å²) in [6.45, 7) is 0. The molecule has 0 bridgehead atoms. The second-order valence-electron chi connectivity index (χ2n) is 0.684. The monoisotopic (exact) mass is 140 g/mol. The predicted octanol–water partition coefficient (Wildman–Crippen LogP) is -0.589. The zero-order chi connectivity index (χ0) is 5.86. The highest BCUT2D eigenvalue weighted by Gasteiger charge is 2.10. The van der Waals surface area contributed by atoms with Crippen molar-refractivity contribution in [1.82, 2.24) is 12.3 Å². The van der Waals surface area contributed by atoms with E-state index < -0.39 is 11.9 Å². The molecule has 7 heteroatoms. The molecule has 0 aromatic carbocycles. The Morgan fingerprint density at radius 3 is 1.56 bits per heavy atom. The van der Waals surface area contributed by atoms with Gasteiger partial charge in [-0.15, -0.1) is 0 Å².